The van der Waals surface area contributed by atoms with Crippen molar-refractivity contribution in [3.8, 4) is 22.9 Å². The Hall–Kier alpha value is -5.51. The number of methoxy groups -OCH3 is 1. The van der Waals surface area contributed by atoms with Gasteiger partial charge in [-0.05, 0) is 66.6 Å². The summed E-state index contributed by atoms with van der Waals surface area (Å²) < 4.78 is 27.0. The van der Waals surface area contributed by atoms with Gasteiger partial charge in [0.25, 0.3) is 5.91 Å². The molecule has 6 rings (SSSR count). The van der Waals surface area contributed by atoms with Crippen LogP contribution in [0.15, 0.2) is 108 Å². The van der Waals surface area contributed by atoms with Gasteiger partial charge in [-0.1, -0.05) is 42.5 Å². The first-order valence-electron chi connectivity index (χ1n) is 13.3. The second kappa shape index (κ2) is 11.5. The molecule has 1 aliphatic heterocycles. The molecule has 0 bridgehead atoms. The van der Waals surface area contributed by atoms with E-state index in [4.69, 9.17) is 14.6 Å². The number of hydrogen-bond acceptors (Lipinski definition) is 7. The normalized spacial score (nSPS) is 14.1. The number of nitrogens with one attached hydrogen (secondary N) is 2. The molecule has 0 saturated heterocycles. The van der Waals surface area contributed by atoms with E-state index in [-0.39, 0.29) is 11.7 Å². The van der Waals surface area contributed by atoms with E-state index in [1.54, 1.807) is 48.3 Å². The summed E-state index contributed by atoms with van der Waals surface area (Å²) >= 11 is 0. The minimum absolute atomic E-state index is 0.350. The number of carbonyl (C=O) groups excluding carboxylic acids is 1. The Morgan fingerprint density at radius 2 is 1.79 bits per heavy atom. The highest BCUT2D eigenvalue weighted by molar-refractivity contribution is 6.05. The van der Waals surface area contributed by atoms with Gasteiger partial charge < -0.3 is 20.1 Å². The molecule has 2 aromatic heterocycles. The second-order valence-electron chi connectivity index (χ2n) is 9.63. The Balaban J connectivity index is 1.40. The van der Waals surface area contributed by atoms with E-state index in [1.165, 1.54) is 12.1 Å². The molecule has 210 valence electrons. The highest BCUT2D eigenvalue weighted by Crippen LogP contribution is 2.40. The van der Waals surface area contributed by atoms with Crippen LogP contribution in [0.2, 0.25) is 0 Å². The van der Waals surface area contributed by atoms with Gasteiger partial charge in [0.2, 0.25) is 5.95 Å². The van der Waals surface area contributed by atoms with Gasteiger partial charge in [0.15, 0.2) is 17.3 Å². The summed E-state index contributed by atoms with van der Waals surface area (Å²) in [4.78, 5) is 22.7. The van der Waals surface area contributed by atoms with Crippen LogP contribution in [0.25, 0.3) is 11.4 Å². The highest BCUT2D eigenvalue weighted by Gasteiger charge is 2.35. The molecule has 9 nitrogen and oxygen atoms in total. The summed E-state index contributed by atoms with van der Waals surface area (Å²) in [5.74, 6) is 1.60. The van der Waals surface area contributed by atoms with Crippen LogP contribution < -0.4 is 20.1 Å². The van der Waals surface area contributed by atoms with Gasteiger partial charge in [-0.3, -0.25) is 4.79 Å². The van der Waals surface area contributed by atoms with Crippen LogP contribution in [-0.4, -0.2) is 32.8 Å². The standard InChI is InChI=1S/C32H27FN6O3/c1-20-28(31(40)36-27-10-6-7-17-34-27)29(39-32(35-20)37-30(38-39)22-11-14-24(33)15-12-22)23-13-16-25(26(18-23)41-2)42-19-21-8-4-3-5-9-21/h3-18,29H,19H2,1-2H3,(H,34,36,40)(H,35,37,38). The molecule has 0 fully saturated rings. The molecule has 1 unspecified atom stereocenters. The largest absolute Gasteiger partial charge is 0.493 e. The topological polar surface area (TPSA) is 103 Å². The van der Waals surface area contributed by atoms with Crippen molar-refractivity contribution in [1.82, 2.24) is 19.7 Å². The third-order valence-corrected chi connectivity index (χ3v) is 6.85. The minimum atomic E-state index is -0.677. The third kappa shape index (κ3) is 5.42. The fourth-order valence-electron chi connectivity index (χ4n) is 4.80. The first kappa shape index (κ1) is 26.7. The Labute approximate surface area is 241 Å². The van der Waals surface area contributed by atoms with Crippen LogP contribution in [0.3, 0.4) is 0 Å². The molecular weight excluding hydrogens is 535 g/mol. The van der Waals surface area contributed by atoms with Crippen molar-refractivity contribution >= 4 is 17.7 Å². The SMILES string of the molecule is COc1cc(C2C(C(=O)Nc3ccccn3)=C(C)Nc3nc(-c4ccc(F)cc4)nn32)ccc1OCc1ccccc1. The number of carbonyl (C=O) groups is 1. The quantitative estimate of drug-likeness (QED) is 0.239. The Morgan fingerprint density at radius 3 is 2.52 bits per heavy atom. The number of pyridine rings is 1. The Morgan fingerprint density at radius 1 is 1.00 bits per heavy atom. The number of ether oxygens (including phenoxy) is 2. The summed E-state index contributed by atoms with van der Waals surface area (Å²) in [7, 11) is 1.57. The van der Waals surface area contributed by atoms with Gasteiger partial charge in [0.05, 0.1) is 12.7 Å². The number of halogens is 1. The average Bonchev–Trinajstić information content (AvgIpc) is 3.44. The molecule has 5 aromatic rings. The average molecular weight is 563 g/mol. The zero-order valence-electron chi connectivity index (χ0n) is 22.9. The van der Waals surface area contributed by atoms with Crippen LogP contribution in [-0.2, 0) is 11.4 Å². The first-order valence-corrected chi connectivity index (χ1v) is 13.3. The lowest BCUT2D eigenvalue weighted by Crippen LogP contribution is -2.31. The van der Waals surface area contributed by atoms with Crippen molar-refractivity contribution < 1.29 is 18.7 Å². The lowest BCUT2D eigenvalue weighted by molar-refractivity contribution is -0.113. The summed E-state index contributed by atoms with van der Waals surface area (Å²) in [6.07, 6.45) is 1.61. The van der Waals surface area contributed by atoms with Crippen LogP contribution in [0, 0.1) is 5.82 Å². The maximum absolute atomic E-state index is 13.8. The zero-order valence-corrected chi connectivity index (χ0v) is 22.9. The van der Waals surface area contributed by atoms with E-state index in [2.05, 4.69) is 20.6 Å². The molecule has 0 spiro atoms. The number of benzene rings is 3. The van der Waals surface area contributed by atoms with Crippen molar-refractivity contribution in [3.05, 3.63) is 125 Å². The monoisotopic (exact) mass is 562 g/mol. The Kier molecular flexibility index (Phi) is 7.33. The van der Waals surface area contributed by atoms with E-state index in [9.17, 15) is 9.18 Å². The lowest BCUT2D eigenvalue weighted by atomic mass is 9.94. The Bertz CT molecular complexity index is 1750. The van der Waals surface area contributed by atoms with Crippen molar-refractivity contribution in [2.24, 2.45) is 0 Å². The molecule has 0 radical (unpaired) electrons. The fraction of sp³-hybridized carbons (Fsp3) is 0.125. The number of anilines is 2. The van der Waals surface area contributed by atoms with E-state index < -0.39 is 6.04 Å². The van der Waals surface area contributed by atoms with Crippen molar-refractivity contribution in [1.29, 1.82) is 0 Å². The van der Waals surface area contributed by atoms with E-state index in [0.29, 0.717) is 52.5 Å². The van der Waals surface area contributed by atoms with Crippen LogP contribution in [0.5, 0.6) is 11.5 Å². The van der Waals surface area contributed by atoms with Crippen LogP contribution >= 0.6 is 0 Å². The number of aromatic nitrogens is 4. The van der Waals surface area contributed by atoms with Gasteiger partial charge in [-0.25, -0.2) is 14.1 Å². The number of hydrogen-bond donors (Lipinski definition) is 2. The van der Waals surface area contributed by atoms with Crippen molar-refractivity contribution in [2.75, 3.05) is 17.7 Å². The fourth-order valence-corrected chi connectivity index (χ4v) is 4.80. The molecule has 1 amide bonds. The van der Waals surface area contributed by atoms with Gasteiger partial charge in [0.1, 0.15) is 24.3 Å². The molecular formula is C32H27FN6O3. The molecule has 1 atom stereocenters. The van der Waals surface area contributed by atoms with Crippen LogP contribution in [0.1, 0.15) is 24.1 Å². The predicted octanol–water partition coefficient (Wildman–Crippen LogP) is 5.99. The van der Waals surface area contributed by atoms with Gasteiger partial charge in [-0.15, -0.1) is 5.10 Å². The smallest absolute Gasteiger partial charge is 0.257 e. The zero-order chi connectivity index (χ0) is 29.1. The molecule has 2 N–H and O–H groups in total. The van der Waals surface area contributed by atoms with Crippen molar-refractivity contribution in [2.45, 2.75) is 19.6 Å². The molecule has 3 aromatic carbocycles. The third-order valence-electron chi connectivity index (χ3n) is 6.85. The number of nitrogens with zero attached hydrogens (tertiary/aromatic N) is 4. The minimum Gasteiger partial charge on any atom is -0.493 e. The second-order valence-corrected chi connectivity index (χ2v) is 9.63. The number of amides is 1. The summed E-state index contributed by atoms with van der Waals surface area (Å²) in [5.41, 5.74) is 3.40. The maximum atomic E-state index is 13.8. The summed E-state index contributed by atoms with van der Waals surface area (Å²) in [6.45, 7) is 2.18. The summed E-state index contributed by atoms with van der Waals surface area (Å²) in [6, 6.07) is 25.9. The molecule has 0 saturated carbocycles. The van der Waals surface area contributed by atoms with Gasteiger partial charge >= 0.3 is 0 Å². The summed E-state index contributed by atoms with van der Waals surface area (Å²) in [5, 5.41) is 10.9. The number of rotatable bonds is 8. The van der Waals surface area contributed by atoms with Gasteiger partial charge in [0, 0.05) is 17.5 Å². The molecule has 10 heteroatoms. The predicted molar refractivity (Wildman–Crippen MR) is 157 cm³/mol. The lowest BCUT2D eigenvalue weighted by Gasteiger charge is -2.29. The first-order chi connectivity index (χ1) is 20.5. The highest BCUT2D eigenvalue weighted by atomic mass is 19.1. The van der Waals surface area contributed by atoms with Crippen LogP contribution in [0.4, 0.5) is 16.2 Å². The van der Waals surface area contributed by atoms with E-state index in [1.807, 2.05) is 55.5 Å². The molecule has 0 aliphatic carbocycles. The molecule has 1 aliphatic rings. The number of fused-ring (bicyclic) bond motifs is 1. The van der Waals surface area contributed by atoms with E-state index in [0.717, 1.165) is 11.1 Å². The molecule has 42 heavy (non-hydrogen) atoms. The number of allylic oxidation sites excluding steroid dienone is 1. The van der Waals surface area contributed by atoms with E-state index >= 15 is 0 Å². The molecule has 3 heterocycles. The van der Waals surface area contributed by atoms with Gasteiger partial charge in [-0.2, -0.15) is 4.98 Å². The van der Waals surface area contributed by atoms with Crippen molar-refractivity contribution in [3.63, 3.8) is 0 Å². The maximum Gasteiger partial charge on any atom is 0.257 e.